The molecule has 1 heterocycles. The van der Waals surface area contributed by atoms with Crippen molar-refractivity contribution in [1.29, 1.82) is 0 Å². The molecule has 1 aliphatic heterocycles. The number of para-hydroxylation sites is 2. The van der Waals surface area contributed by atoms with Gasteiger partial charge in [0.25, 0.3) is 0 Å². The van der Waals surface area contributed by atoms with Gasteiger partial charge in [0.2, 0.25) is 5.91 Å². The van der Waals surface area contributed by atoms with Crippen molar-refractivity contribution in [2.75, 3.05) is 37.6 Å². The van der Waals surface area contributed by atoms with E-state index in [0.717, 1.165) is 44.7 Å². The number of carbonyl (C=O) groups is 1. The lowest BCUT2D eigenvalue weighted by atomic mass is 10.2. The van der Waals surface area contributed by atoms with E-state index >= 15 is 0 Å². The normalized spacial score (nSPS) is 16.0. The lowest BCUT2D eigenvalue weighted by molar-refractivity contribution is -0.123. The van der Waals surface area contributed by atoms with Crippen molar-refractivity contribution in [1.82, 2.24) is 10.2 Å². The summed E-state index contributed by atoms with van der Waals surface area (Å²) in [6.45, 7) is 7.99. The van der Waals surface area contributed by atoms with Crippen LogP contribution in [0.25, 0.3) is 0 Å². The molecule has 122 valence electrons. The predicted molar refractivity (Wildman–Crippen MR) is 89.3 cm³/mol. The summed E-state index contributed by atoms with van der Waals surface area (Å²) in [5.41, 5.74) is 0.878. The molecule has 0 aromatic heterocycles. The quantitative estimate of drug-likeness (QED) is 0.842. The van der Waals surface area contributed by atoms with Crippen LogP contribution in [0.4, 0.5) is 5.69 Å². The largest absolute Gasteiger partial charge is 0.506 e. The third-order valence-corrected chi connectivity index (χ3v) is 4.31. The van der Waals surface area contributed by atoms with Crippen molar-refractivity contribution in [2.24, 2.45) is 0 Å². The Bertz CT molecular complexity index is 481. The summed E-state index contributed by atoms with van der Waals surface area (Å²) < 4.78 is 0. The first-order valence-electron chi connectivity index (χ1n) is 8.18. The molecule has 1 aliphatic rings. The van der Waals surface area contributed by atoms with Gasteiger partial charge in [0.15, 0.2) is 0 Å². The van der Waals surface area contributed by atoms with Crippen LogP contribution in [0.15, 0.2) is 24.3 Å². The highest BCUT2D eigenvalue weighted by Gasteiger charge is 2.21. The van der Waals surface area contributed by atoms with Gasteiger partial charge in [-0.3, -0.25) is 9.69 Å². The molecule has 0 aliphatic carbocycles. The number of hydrogen-bond acceptors (Lipinski definition) is 4. The Morgan fingerprint density at radius 2 is 1.82 bits per heavy atom. The second-order valence-corrected chi connectivity index (χ2v) is 5.83. The van der Waals surface area contributed by atoms with Crippen LogP contribution < -0.4 is 10.2 Å². The average molecular weight is 305 g/mol. The molecule has 1 fully saturated rings. The van der Waals surface area contributed by atoms with Crippen LogP contribution in [0, 0.1) is 0 Å². The van der Waals surface area contributed by atoms with Gasteiger partial charge in [-0.2, -0.15) is 0 Å². The van der Waals surface area contributed by atoms with E-state index in [1.807, 2.05) is 18.2 Å². The Balaban J connectivity index is 1.80. The fourth-order valence-electron chi connectivity index (χ4n) is 2.85. The van der Waals surface area contributed by atoms with Crippen LogP contribution in [-0.4, -0.2) is 54.7 Å². The first-order valence-corrected chi connectivity index (χ1v) is 8.18. The molecule has 1 saturated heterocycles. The van der Waals surface area contributed by atoms with Gasteiger partial charge in [0, 0.05) is 32.2 Å². The molecule has 0 saturated carbocycles. The average Bonchev–Trinajstić information content (AvgIpc) is 2.54. The number of phenols is 1. The monoisotopic (exact) mass is 305 g/mol. The highest BCUT2D eigenvalue weighted by Crippen LogP contribution is 2.27. The second kappa shape index (κ2) is 8.03. The van der Waals surface area contributed by atoms with E-state index in [4.69, 9.17) is 0 Å². The Hall–Kier alpha value is -1.75. The van der Waals surface area contributed by atoms with Crippen LogP contribution >= 0.6 is 0 Å². The van der Waals surface area contributed by atoms with E-state index in [-0.39, 0.29) is 11.9 Å². The third kappa shape index (κ3) is 4.37. The third-order valence-electron chi connectivity index (χ3n) is 4.31. The molecular weight excluding hydrogens is 278 g/mol. The van der Waals surface area contributed by atoms with Crippen LogP contribution in [0.3, 0.4) is 0 Å². The summed E-state index contributed by atoms with van der Waals surface area (Å²) in [6.07, 6.45) is 1.95. The summed E-state index contributed by atoms with van der Waals surface area (Å²) in [7, 11) is 0. The standard InChI is InChI=1S/C17H27N3O2/c1-3-14(4-2)18-17(22)13-19-9-11-20(12-10-19)15-7-5-6-8-16(15)21/h5-8,14,21H,3-4,9-13H2,1-2H3,(H,18,22). The number of nitrogens with zero attached hydrogens (tertiary/aromatic N) is 2. The highest BCUT2D eigenvalue weighted by molar-refractivity contribution is 5.78. The lowest BCUT2D eigenvalue weighted by Crippen LogP contribution is -2.50. The lowest BCUT2D eigenvalue weighted by Gasteiger charge is -2.36. The molecule has 1 amide bonds. The molecule has 0 spiro atoms. The Labute approximate surface area is 132 Å². The first kappa shape index (κ1) is 16.6. The zero-order chi connectivity index (χ0) is 15.9. The molecule has 0 atom stereocenters. The van der Waals surface area contributed by atoms with Crippen LogP contribution in [0.5, 0.6) is 5.75 Å². The molecule has 22 heavy (non-hydrogen) atoms. The van der Waals surface area contributed by atoms with Gasteiger partial charge in [-0.25, -0.2) is 0 Å². The van der Waals surface area contributed by atoms with Crippen LogP contribution in [-0.2, 0) is 4.79 Å². The number of phenolic OH excluding ortho intramolecular Hbond substituents is 1. The molecule has 1 aromatic carbocycles. The molecule has 5 nitrogen and oxygen atoms in total. The van der Waals surface area contributed by atoms with Gasteiger partial charge in [-0.1, -0.05) is 26.0 Å². The van der Waals surface area contributed by atoms with Gasteiger partial charge in [-0.15, -0.1) is 0 Å². The first-order chi connectivity index (χ1) is 10.6. The Kier molecular flexibility index (Phi) is 6.07. The molecule has 1 aromatic rings. The smallest absolute Gasteiger partial charge is 0.234 e. The van der Waals surface area contributed by atoms with Crippen molar-refractivity contribution >= 4 is 11.6 Å². The zero-order valence-corrected chi connectivity index (χ0v) is 13.6. The SMILES string of the molecule is CCC(CC)NC(=O)CN1CCN(c2ccccc2O)CC1. The number of nitrogens with one attached hydrogen (secondary N) is 1. The van der Waals surface area contributed by atoms with Crippen LogP contribution in [0.2, 0.25) is 0 Å². The van der Waals surface area contributed by atoms with E-state index in [0.29, 0.717) is 12.3 Å². The molecule has 0 unspecified atom stereocenters. The van der Waals surface area contributed by atoms with Gasteiger partial charge < -0.3 is 15.3 Å². The van der Waals surface area contributed by atoms with Crippen molar-refractivity contribution < 1.29 is 9.90 Å². The summed E-state index contributed by atoms with van der Waals surface area (Å²) >= 11 is 0. The predicted octanol–water partition coefficient (Wildman–Crippen LogP) is 1.82. The number of rotatable bonds is 6. The number of aromatic hydroxyl groups is 1. The molecule has 2 N–H and O–H groups in total. The number of anilines is 1. The summed E-state index contributed by atoms with van der Waals surface area (Å²) in [5, 5.41) is 13.0. The van der Waals surface area contributed by atoms with Gasteiger partial charge in [0.05, 0.1) is 12.2 Å². The Morgan fingerprint density at radius 3 is 2.41 bits per heavy atom. The Morgan fingerprint density at radius 1 is 1.18 bits per heavy atom. The minimum atomic E-state index is 0.115. The molecule has 0 bridgehead atoms. The summed E-state index contributed by atoms with van der Waals surface area (Å²) in [5.74, 6) is 0.437. The maximum atomic E-state index is 12.0. The molecule has 0 radical (unpaired) electrons. The fraction of sp³-hybridized carbons (Fsp3) is 0.588. The van der Waals surface area contributed by atoms with Crippen LogP contribution in [0.1, 0.15) is 26.7 Å². The topological polar surface area (TPSA) is 55.8 Å². The number of benzene rings is 1. The number of piperazine rings is 1. The second-order valence-electron chi connectivity index (χ2n) is 5.83. The van der Waals surface area contributed by atoms with Crippen molar-refractivity contribution in [3.63, 3.8) is 0 Å². The van der Waals surface area contributed by atoms with E-state index in [9.17, 15) is 9.90 Å². The summed E-state index contributed by atoms with van der Waals surface area (Å²) in [6, 6.07) is 7.70. The maximum Gasteiger partial charge on any atom is 0.234 e. The van der Waals surface area contributed by atoms with E-state index in [1.54, 1.807) is 6.07 Å². The maximum absolute atomic E-state index is 12.0. The van der Waals surface area contributed by atoms with Gasteiger partial charge >= 0.3 is 0 Å². The minimum absolute atomic E-state index is 0.115. The molecule has 2 rings (SSSR count). The van der Waals surface area contributed by atoms with E-state index < -0.39 is 0 Å². The zero-order valence-electron chi connectivity index (χ0n) is 13.6. The van der Waals surface area contributed by atoms with Gasteiger partial charge in [0.1, 0.15) is 5.75 Å². The van der Waals surface area contributed by atoms with Crippen molar-refractivity contribution in [3.05, 3.63) is 24.3 Å². The summed E-state index contributed by atoms with van der Waals surface area (Å²) in [4.78, 5) is 16.4. The van der Waals surface area contributed by atoms with Crippen molar-refractivity contribution in [3.8, 4) is 5.75 Å². The molecule has 5 heteroatoms. The van der Waals surface area contributed by atoms with Gasteiger partial charge in [-0.05, 0) is 25.0 Å². The van der Waals surface area contributed by atoms with E-state index in [2.05, 4.69) is 29.0 Å². The van der Waals surface area contributed by atoms with E-state index in [1.165, 1.54) is 0 Å². The molecular formula is C17H27N3O2. The van der Waals surface area contributed by atoms with Crippen molar-refractivity contribution in [2.45, 2.75) is 32.7 Å². The number of carbonyl (C=O) groups excluding carboxylic acids is 1. The number of hydrogen-bond donors (Lipinski definition) is 2. The highest BCUT2D eigenvalue weighted by atomic mass is 16.3. The minimum Gasteiger partial charge on any atom is -0.506 e. The fourth-order valence-corrected chi connectivity index (χ4v) is 2.85. The number of amides is 1.